The van der Waals surface area contributed by atoms with Gasteiger partial charge in [0, 0.05) is 39.3 Å². The van der Waals surface area contributed by atoms with Crippen molar-refractivity contribution in [1.29, 1.82) is 0 Å². The third-order valence-electron chi connectivity index (χ3n) is 4.06. The van der Waals surface area contributed by atoms with Gasteiger partial charge in [0.2, 0.25) is 11.7 Å². The van der Waals surface area contributed by atoms with E-state index in [2.05, 4.69) is 24.7 Å². The van der Waals surface area contributed by atoms with Crippen molar-refractivity contribution in [2.24, 2.45) is 0 Å². The summed E-state index contributed by atoms with van der Waals surface area (Å²) in [7, 11) is 0. The number of halogens is 3. The molecule has 0 atom stereocenters. The van der Waals surface area contributed by atoms with Crippen LogP contribution in [0.2, 0.25) is 0 Å². The van der Waals surface area contributed by atoms with Gasteiger partial charge in [-0.05, 0) is 17.9 Å². The van der Waals surface area contributed by atoms with Gasteiger partial charge in [0.05, 0.1) is 11.4 Å². The molecule has 0 bridgehead atoms. The zero-order chi connectivity index (χ0) is 18.4. The number of ether oxygens (including phenoxy) is 1. The lowest BCUT2D eigenvalue weighted by molar-refractivity contribution is -0.174. The van der Waals surface area contributed by atoms with Crippen molar-refractivity contribution in [3.63, 3.8) is 0 Å². The Kier molecular flexibility index (Phi) is 6.63. The van der Waals surface area contributed by atoms with Gasteiger partial charge in [-0.3, -0.25) is 4.90 Å². The molecule has 2 aromatic heterocycles. The Balaban J connectivity index is 1.33. The molecule has 1 aliphatic rings. The van der Waals surface area contributed by atoms with Crippen LogP contribution < -0.4 is 0 Å². The lowest BCUT2D eigenvalue weighted by Gasteiger charge is -2.33. The summed E-state index contributed by atoms with van der Waals surface area (Å²) >= 11 is 1.57. The van der Waals surface area contributed by atoms with E-state index in [9.17, 15) is 13.2 Å². The van der Waals surface area contributed by atoms with Crippen LogP contribution in [0, 0.1) is 0 Å². The monoisotopic (exact) mass is 390 g/mol. The van der Waals surface area contributed by atoms with E-state index in [1.54, 1.807) is 11.3 Å². The first-order chi connectivity index (χ1) is 12.5. The first-order valence-electron chi connectivity index (χ1n) is 8.45. The highest BCUT2D eigenvalue weighted by atomic mass is 32.1. The van der Waals surface area contributed by atoms with E-state index in [0.29, 0.717) is 24.7 Å². The number of aromatic nitrogens is 2. The highest BCUT2D eigenvalue weighted by Crippen LogP contribution is 2.21. The van der Waals surface area contributed by atoms with Crippen LogP contribution in [0.3, 0.4) is 0 Å². The summed E-state index contributed by atoms with van der Waals surface area (Å²) in [5.74, 6) is 1.22. The van der Waals surface area contributed by atoms with E-state index in [1.807, 2.05) is 17.5 Å². The van der Waals surface area contributed by atoms with Crippen molar-refractivity contribution < 1.29 is 22.4 Å². The Labute approximate surface area is 153 Å². The number of thiophene rings is 1. The minimum Gasteiger partial charge on any atom is -0.372 e. The van der Waals surface area contributed by atoms with Crippen molar-refractivity contribution in [3.8, 4) is 10.7 Å². The molecule has 0 unspecified atom stereocenters. The Morgan fingerprint density at radius 1 is 1.19 bits per heavy atom. The second-order valence-corrected chi connectivity index (χ2v) is 7.08. The van der Waals surface area contributed by atoms with Crippen molar-refractivity contribution in [2.75, 3.05) is 45.9 Å². The van der Waals surface area contributed by atoms with Crippen molar-refractivity contribution in [2.45, 2.75) is 19.1 Å². The molecule has 0 amide bonds. The molecule has 0 aromatic carbocycles. The van der Waals surface area contributed by atoms with Crippen LogP contribution in [0.4, 0.5) is 13.2 Å². The van der Waals surface area contributed by atoms with E-state index in [0.717, 1.165) is 37.6 Å². The van der Waals surface area contributed by atoms with Crippen LogP contribution in [0.25, 0.3) is 10.7 Å². The lowest BCUT2D eigenvalue weighted by atomic mass is 10.3. The maximum Gasteiger partial charge on any atom is 0.411 e. The summed E-state index contributed by atoms with van der Waals surface area (Å²) in [5.41, 5.74) is 0. The van der Waals surface area contributed by atoms with Crippen LogP contribution in [0.1, 0.15) is 12.3 Å². The second kappa shape index (κ2) is 8.94. The molecule has 3 heterocycles. The van der Waals surface area contributed by atoms with Gasteiger partial charge in [-0.1, -0.05) is 11.2 Å². The molecule has 144 valence electrons. The average molecular weight is 390 g/mol. The standard InChI is InChI=1S/C16H21F3N4O2S/c17-16(18,19)12-24-9-2-4-22-5-7-23(8-6-22)11-14-20-15(21-25-14)13-3-1-10-26-13/h1,3,10H,2,4-9,11-12H2. The van der Waals surface area contributed by atoms with Crippen LogP contribution in [0.5, 0.6) is 0 Å². The smallest absolute Gasteiger partial charge is 0.372 e. The minimum absolute atomic E-state index is 0.132. The number of piperazine rings is 1. The van der Waals surface area contributed by atoms with E-state index in [1.165, 1.54) is 0 Å². The van der Waals surface area contributed by atoms with Gasteiger partial charge in [0.25, 0.3) is 0 Å². The van der Waals surface area contributed by atoms with Crippen LogP contribution in [-0.4, -0.2) is 72.1 Å². The first-order valence-corrected chi connectivity index (χ1v) is 9.33. The Bertz CT molecular complexity index is 655. The molecular formula is C16H21F3N4O2S. The first kappa shape index (κ1) is 19.3. The molecule has 1 aliphatic heterocycles. The highest BCUT2D eigenvalue weighted by Gasteiger charge is 2.27. The largest absolute Gasteiger partial charge is 0.411 e. The summed E-state index contributed by atoms with van der Waals surface area (Å²) in [5, 5.41) is 5.98. The highest BCUT2D eigenvalue weighted by molar-refractivity contribution is 7.13. The molecule has 3 rings (SSSR count). The Hall–Kier alpha value is -1.49. The van der Waals surface area contributed by atoms with E-state index in [4.69, 9.17) is 4.52 Å². The summed E-state index contributed by atoms with van der Waals surface area (Å²) in [4.78, 5) is 9.88. The molecule has 6 nitrogen and oxygen atoms in total. The fourth-order valence-electron chi connectivity index (χ4n) is 2.77. The van der Waals surface area contributed by atoms with Gasteiger partial charge in [-0.25, -0.2) is 0 Å². The zero-order valence-corrected chi connectivity index (χ0v) is 15.1. The SMILES string of the molecule is FC(F)(F)COCCCN1CCN(Cc2nc(-c3cccs3)no2)CC1. The molecule has 1 fully saturated rings. The Morgan fingerprint density at radius 3 is 2.65 bits per heavy atom. The molecule has 0 aliphatic carbocycles. The second-order valence-electron chi connectivity index (χ2n) is 6.13. The third-order valence-corrected chi connectivity index (χ3v) is 4.93. The third kappa shape index (κ3) is 6.04. The van der Waals surface area contributed by atoms with Gasteiger partial charge in [-0.15, -0.1) is 11.3 Å². The van der Waals surface area contributed by atoms with Gasteiger partial charge >= 0.3 is 6.18 Å². The number of hydrogen-bond donors (Lipinski definition) is 0. The molecule has 0 saturated carbocycles. The summed E-state index contributed by atoms with van der Waals surface area (Å²) in [6, 6.07) is 3.90. The minimum atomic E-state index is -4.25. The van der Waals surface area contributed by atoms with E-state index < -0.39 is 12.8 Å². The number of rotatable bonds is 8. The summed E-state index contributed by atoms with van der Waals surface area (Å²) in [6.45, 7) is 3.78. The molecule has 10 heteroatoms. The fourth-order valence-corrected chi connectivity index (χ4v) is 3.41. The van der Waals surface area contributed by atoms with E-state index >= 15 is 0 Å². The topological polar surface area (TPSA) is 54.6 Å². The van der Waals surface area contributed by atoms with Crippen LogP contribution in [0.15, 0.2) is 22.0 Å². The zero-order valence-electron chi connectivity index (χ0n) is 14.2. The van der Waals surface area contributed by atoms with Crippen LogP contribution >= 0.6 is 11.3 Å². The maximum atomic E-state index is 12.0. The van der Waals surface area contributed by atoms with Gasteiger partial charge < -0.3 is 14.2 Å². The lowest BCUT2D eigenvalue weighted by Crippen LogP contribution is -2.46. The molecule has 0 spiro atoms. The summed E-state index contributed by atoms with van der Waals surface area (Å²) in [6.07, 6.45) is -3.65. The normalized spacial score (nSPS) is 17.0. The predicted molar refractivity (Wildman–Crippen MR) is 90.8 cm³/mol. The van der Waals surface area contributed by atoms with E-state index in [-0.39, 0.29) is 6.61 Å². The van der Waals surface area contributed by atoms with Gasteiger partial charge in [0.1, 0.15) is 6.61 Å². The summed E-state index contributed by atoms with van der Waals surface area (Å²) < 4.78 is 45.9. The maximum absolute atomic E-state index is 12.0. The van der Waals surface area contributed by atoms with Gasteiger partial charge in [-0.2, -0.15) is 18.2 Å². The fraction of sp³-hybridized carbons (Fsp3) is 0.625. The van der Waals surface area contributed by atoms with Crippen molar-refractivity contribution in [1.82, 2.24) is 19.9 Å². The molecule has 1 saturated heterocycles. The van der Waals surface area contributed by atoms with Crippen LogP contribution in [-0.2, 0) is 11.3 Å². The molecule has 0 radical (unpaired) electrons. The van der Waals surface area contributed by atoms with Crippen molar-refractivity contribution >= 4 is 11.3 Å². The van der Waals surface area contributed by atoms with Crippen molar-refractivity contribution in [3.05, 3.63) is 23.4 Å². The molecular weight excluding hydrogens is 369 g/mol. The molecule has 0 N–H and O–H groups in total. The quantitative estimate of drug-likeness (QED) is 0.646. The molecule has 26 heavy (non-hydrogen) atoms. The number of alkyl halides is 3. The number of nitrogens with zero attached hydrogens (tertiary/aromatic N) is 4. The Morgan fingerprint density at radius 2 is 1.96 bits per heavy atom. The predicted octanol–water partition coefficient (Wildman–Crippen LogP) is 2.88. The van der Waals surface area contributed by atoms with Gasteiger partial charge in [0.15, 0.2) is 0 Å². The number of hydrogen-bond acceptors (Lipinski definition) is 7. The average Bonchev–Trinajstić information content (AvgIpc) is 3.26. The molecule has 2 aromatic rings.